The highest BCUT2D eigenvalue weighted by atomic mass is 15.1. The van der Waals surface area contributed by atoms with Crippen molar-refractivity contribution in [2.45, 2.75) is 85.1 Å². The average Bonchev–Trinajstić information content (AvgIpc) is 2.88. The Morgan fingerprint density at radius 3 is 1.89 bits per heavy atom. The van der Waals surface area contributed by atoms with E-state index >= 15 is 0 Å². The summed E-state index contributed by atoms with van der Waals surface area (Å²) in [6.45, 7) is 18.5. The van der Waals surface area contributed by atoms with E-state index in [1.54, 1.807) is 0 Å². The summed E-state index contributed by atoms with van der Waals surface area (Å²) >= 11 is 0. The summed E-state index contributed by atoms with van der Waals surface area (Å²) in [4.78, 5) is 0. The maximum Gasteiger partial charge on any atom is 0.212 e. The molecule has 1 nitrogen and oxygen atoms in total. The summed E-state index contributed by atoms with van der Waals surface area (Å²) in [6.07, 6.45) is 3.65. The summed E-state index contributed by atoms with van der Waals surface area (Å²) in [5, 5.41) is 0. The van der Waals surface area contributed by atoms with E-state index < -0.39 is 0 Å². The van der Waals surface area contributed by atoms with E-state index in [1.807, 2.05) is 0 Å². The normalized spacial score (nSPS) is 19.0. The van der Waals surface area contributed by atoms with Crippen molar-refractivity contribution in [2.24, 2.45) is 0 Å². The molecule has 0 N–H and O–H groups in total. The van der Waals surface area contributed by atoms with Crippen molar-refractivity contribution >= 4 is 11.9 Å². The standard InChI is InChI=1S/C26H36N/c1-17(2)23-10-9-11-24(18(3)4)25(23)27-16-22(15-26(27,7)8)21-13-19(5)12-20(6)14-21/h9-14,16-18,22H,15H2,1-8H3/q+1. The molecule has 1 heterocycles. The highest BCUT2D eigenvalue weighted by Gasteiger charge is 2.44. The largest absolute Gasteiger partial charge is 0.212 e. The molecular formula is C26H36N+. The monoisotopic (exact) mass is 362 g/mol. The van der Waals surface area contributed by atoms with Gasteiger partial charge in [0.2, 0.25) is 5.69 Å². The van der Waals surface area contributed by atoms with E-state index in [1.165, 1.54) is 33.5 Å². The summed E-state index contributed by atoms with van der Waals surface area (Å²) in [7, 11) is 0. The van der Waals surface area contributed by atoms with Gasteiger partial charge in [0.1, 0.15) is 0 Å². The highest BCUT2D eigenvalue weighted by molar-refractivity contribution is 5.69. The van der Waals surface area contributed by atoms with E-state index in [2.05, 4.69) is 103 Å². The molecule has 2 aromatic rings. The van der Waals surface area contributed by atoms with Crippen LogP contribution in [0.4, 0.5) is 5.69 Å². The number of hydrogen-bond acceptors (Lipinski definition) is 0. The number of benzene rings is 2. The predicted molar refractivity (Wildman–Crippen MR) is 118 cm³/mol. The van der Waals surface area contributed by atoms with E-state index in [-0.39, 0.29) is 5.54 Å². The third-order valence-electron chi connectivity index (χ3n) is 5.96. The Morgan fingerprint density at radius 1 is 0.889 bits per heavy atom. The van der Waals surface area contributed by atoms with Crippen LogP contribution >= 0.6 is 0 Å². The predicted octanol–water partition coefficient (Wildman–Crippen LogP) is 7.23. The van der Waals surface area contributed by atoms with Gasteiger partial charge in [-0.3, -0.25) is 0 Å². The number of para-hydroxylation sites is 1. The summed E-state index contributed by atoms with van der Waals surface area (Å²) in [5.41, 5.74) is 8.66. The molecule has 144 valence electrons. The van der Waals surface area contributed by atoms with Gasteiger partial charge in [0.15, 0.2) is 11.8 Å². The molecule has 0 saturated carbocycles. The lowest BCUT2D eigenvalue weighted by atomic mass is 9.87. The minimum atomic E-state index is 0.108. The van der Waals surface area contributed by atoms with Crippen LogP contribution in [0.2, 0.25) is 0 Å². The van der Waals surface area contributed by atoms with Gasteiger partial charge in [-0.15, -0.1) is 0 Å². The second kappa shape index (κ2) is 7.26. The first kappa shape index (κ1) is 19.9. The van der Waals surface area contributed by atoms with Crippen molar-refractivity contribution < 1.29 is 4.58 Å². The third kappa shape index (κ3) is 3.88. The van der Waals surface area contributed by atoms with E-state index in [0.717, 1.165) is 6.42 Å². The molecule has 3 rings (SSSR count). The van der Waals surface area contributed by atoms with Crippen molar-refractivity contribution in [3.63, 3.8) is 0 Å². The zero-order valence-electron chi connectivity index (χ0n) is 18.4. The van der Waals surface area contributed by atoms with Crippen molar-refractivity contribution in [1.29, 1.82) is 0 Å². The van der Waals surface area contributed by atoms with Gasteiger partial charge in [-0.2, -0.15) is 4.58 Å². The molecule has 1 heteroatoms. The molecule has 1 atom stereocenters. The van der Waals surface area contributed by atoms with Gasteiger partial charge in [-0.1, -0.05) is 75.2 Å². The fraction of sp³-hybridized carbons (Fsp3) is 0.500. The van der Waals surface area contributed by atoms with Crippen LogP contribution in [0.25, 0.3) is 0 Å². The molecule has 0 fully saturated rings. The Labute approximate surface area is 166 Å². The van der Waals surface area contributed by atoms with E-state index in [0.29, 0.717) is 17.8 Å². The molecule has 0 aromatic heterocycles. The summed E-state index contributed by atoms with van der Waals surface area (Å²) < 4.78 is 2.60. The molecule has 1 aliphatic heterocycles. The van der Waals surface area contributed by atoms with Crippen molar-refractivity contribution in [3.8, 4) is 0 Å². The lowest BCUT2D eigenvalue weighted by molar-refractivity contribution is -0.513. The van der Waals surface area contributed by atoms with E-state index in [9.17, 15) is 0 Å². The van der Waals surface area contributed by atoms with Crippen molar-refractivity contribution in [1.82, 2.24) is 0 Å². The van der Waals surface area contributed by atoms with Crippen LogP contribution in [0.5, 0.6) is 0 Å². The smallest absolute Gasteiger partial charge is 0.197 e. The van der Waals surface area contributed by atoms with Gasteiger partial charge in [0, 0.05) is 31.4 Å². The van der Waals surface area contributed by atoms with Crippen LogP contribution in [-0.2, 0) is 0 Å². The van der Waals surface area contributed by atoms with Crippen molar-refractivity contribution in [2.75, 3.05) is 0 Å². The van der Waals surface area contributed by atoms with Gasteiger partial charge >= 0.3 is 0 Å². The van der Waals surface area contributed by atoms with E-state index in [4.69, 9.17) is 0 Å². The fourth-order valence-corrected chi connectivity index (χ4v) is 4.67. The fourth-order valence-electron chi connectivity index (χ4n) is 4.67. The van der Waals surface area contributed by atoms with Gasteiger partial charge in [-0.25, -0.2) is 0 Å². The Kier molecular flexibility index (Phi) is 5.34. The first-order valence-electron chi connectivity index (χ1n) is 10.5. The maximum atomic E-state index is 2.60. The van der Waals surface area contributed by atoms with Gasteiger partial charge < -0.3 is 0 Å². The van der Waals surface area contributed by atoms with Crippen LogP contribution < -0.4 is 0 Å². The lowest BCUT2D eigenvalue weighted by Crippen LogP contribution is -2.30. The second-order valence-electron chi connectivity index (χ2n) is 9.66. The molecular weight excluding hydrogens is 326 g/mol. The number of rotatable bonds is 4. The molecule has 1 aliphatic rings. The van der Waals surface area contributed by atoms with Gasteiger partial charge in [0.05, 0.1) is 5.92 Å². The van der Waals surface area contributed by atoms with Crippen LogP contribution in [0.3, 0.4) is 0 Å². The molecule has 0 saturated heterocycles. The quantitative estimate of drug-likeness (QED) is 0.505. The Bertz CT molecular complexity index is 821. The zero-order chi connectivity index (χ0) is 19.9. The van der Waals surface area contributed by atoms with Crippen LogP contribution in [0.1, 0.15) is 93.5 Å². The lowest BCUT2D eigenvalue weighted by Gasteiger charge is -2.23. The molecule has 0 aliphatic carbocycles. The Morgan fingerprint density at radius 2 is 1.41 bits per heavy atom. The molecule has 27 heavy (non-hydrogen) atoms. The highest BCUT2D eigenvalue weighted by Crippen LogP contribution is 2.43. The molecule has 0 spiro atoms. The average molecular weight is 363 g/mol. The number of nitrogens with zero attached hydrogens (tertiary/aromatic N) is 1. The number of aryl methyl sites for hydroxylation is 2. The van der Waals surface area contributed by atoms with Gasteiger partial charge in [-0.05, 0) is 31.2 Å². The first-order valence-corrected chi connectivity index (χ1v) is 10.5. The van der Waals surface area contributed by atoms with Crippen molar-refractivity contribution in [3.05, 3.63) is 64.2 Å². The van der Waals surface area contributed by atoms with Crippen LogP contribution in [-0.4, -0.2) is 16.3 Å². The maximum absolute atomic E-state index is 2.60. The minimum absolute atomic E-state index is 0.108. The molecule has 2 aromatic carbocycles. The molecule has 0 radical (unpaired) electrons. The van der Waals surface area contributed by atoms with Crippen LogP contribution in [0.15, 0.2) is 36.4 Å². The Hall–Kier alpha value is -1.89. The molecule has 1 unspecified atom stereocenters. The summed E-state index contributed by atoms with van der Waals surface area (Å²) in [6, 6.07) is 13.9. The zero-order valence-corrected chi connectivity index (χ0v) is 18.4. The first-order chi connectivity index (χ1) is 12.6. The summed E-state index contributed by atoms with van der Waals surface area (Å²) in [5.74, 6) is 1.50. The topological polar surface area (TPSA) is 3.01 Å². The second-order valence-corrected chi connectivity index (χ2v) is 9.66. The number of hydrogen-bond donors (Lipinski definition) is 0. The molecule has 0 bridgehead atoms. The minimum Gasteiger partial charge on any atom is -0.197 e. The Balaban J connectivity index is 2.18. The van der Waals surface area contributed by atoms with Crippen LogP contribution in [0, 0.1) is 13.8 Å². The SMILES string of the molecule is Cc1cc(C)cc(C2C=[N+](c3c(C(C)C)cccc3C(C)C)C(C)(C)C2)c1. The van der Waals surface area contributed by atoms with Gasteiger partial charge in [0.25, 0.3) is 0 Å². The third-order valence-corrected chi connectivity index (χ3v) is 5.96. The molecule has 0 amide bonds.